The van der Waals surface area contributed by atoms with Gasteiger partial charge in [0, 0.05) is 15.4 Å². The van der Waals surface area contributed by atoms with Gasteiger partial charge in [-0.2, -0.15) is 0 Å². The lowest BCUT2D eigenvalue weighted by molar-refractivity contribution is 0.594. The molecule has 0 aliphatic carbocycles. The lowest BCUT2D eigenvalue weighted by Crippen LogP contribution is -2.76. The molecule has 0 bridgehead atoms. The average Bonchev–Trinajstić information content (AvgIpc) is 2.73. The van der Waals surface area contributed by atoms with E-state index in [1.807, 2.05) is 0 Å². The lowest BCUT2D eigenvalue weighted by atomic mass is 9.21. The molecule has 0 fully saturated rings. The minimum atomic E-state index is -0.747. The fraction of sp³-hybridized carbons (Fsp3) is 0.0400. The van der Waals surface area contributed by atoms with E-state index in [0.717, 1.165) is 0 Å². The van der Waals surface area contributed by atoms with Crippen LogP contribution in [0, 0.1) is 30.2 Å². The quantitative estimate of drug-likeness (QED) is 0.263. The van der Waals surface area contributed by atoms with Gasteiger partial charge in [0.15, 0.2) is 0 Å². The Balaban J connectivity index is 1.85. The van der Waals surface area contributed by atoms with Gasteiger partial charge >= 0.3 is 0 Å². The summed E-state index contributed by atoms with van der Waals surface area (Å²) >= 11 is 3.13. The highest BCUT2D eigenvalue weighted by atomic mass is 79.9. The van der Waals surface area contributed by atoms with Crippen molar-refractivity contribution in [3.63, 3.8) is 0 Å². The van der Waals surface area contributed by atoms with E-state index >= 15 is 17.6 Å². The maximum absolute atomic E-state index is 15.1. The molecule has 1 aliphatic heterocycles. The second kappa shape index (κ2) is 7.96. The van der Waals surface area contributed by atoms with Crippen LogP contribution in [0.5, 0.6) is 0 Å². The Morgan fingerprint density at radius 2 is 0.875 bits per heavy atom. The SMILES string of the molecule is Cc1cc(F)c(B2c3ccccc3B(c3c(F)cc(Br)cc3F)c3ccccc32)c(F)c1. The molecule has 7 heteroatoms. The Bertz CT molecular complexity index is 1170. The second-order valence-electron chi connectivity index (χ2n) is 8.05. The summed E-state index contributed by atoms with van der Waals surface area (Å²) in [6.07, 6.45) is 0. The van der Waals surface area contributed by atoms with Crippen LogP contribution in [0.15, 0.2) is 77.3 Å². The fourth-order valence-corrected chi connectivity index (χ4v) is 5.25. The highest BCUT2D eigenvalue weighted by molar-refractivity contribution is 9.10. The normalized spacial score (nSPS) is 12.6. The molecular formula is C25H15B2BrF4. The number of hydrogen-bond donors (Lipinski definition) is 0. The van der Waals surface area contributed by atoms with E-state index in [1.54, 1.807) is 55.5 Å². The van der Waals surface area contributed by atoms with E-state index in [1.165, 1.54) is 24.3 Å². The maximum atomic E-state index is 15.1. The molecule has 0 saturated carbocycles. The van der Waals surface area contributed by atoms with Gasteiger partial charge in [0.25, 0.3) is 0 Å². The van der Waals surface area contributed by atoms with Crippen LogP contribution in [0.4, 0.5) is 17.6 Å². The zero-order chi connectivity index (χ0) is 22.6. The van der Waals surface area contributed by atoms with E-state index in [9.17, 15) is 0 Å². The first-order chi connectivity index (χ1) is 15.4. The molecule has 0 radical (unpaired) electrons. The minimum Gasteiger partial charge on any atom is -0.207 e. The Hall–Kier alpha value is -2.79. The van der Waals surface area contributed by atoms with Crippen molar-refractivity contribution in [1.29, 1.82) is 0 Å². The summed E-state index contributed by atoms with van der Waals surface area (Å²) in [6.45, 7) is 0.150. The van der Waals surface area contributed by atoms with Crippen molar-refractivity contribution < 1.29 is 17.6 Å². The van der Waals surface area contributed by atoms with Gasteiger partial charge in [0.05, 0.1) is 0 Å². The van der Waals surface area contributed by atoms with Crippen molar-refractivity contribution in [2.45, 2.75) is 6.92 Å². The van der Waals surface area contributed by atoms with Crippen molar-refractivity contribution in [1.82, 2.24) is 0 Å². The van der Waals surface area contributed by atoms with Crippen LogP contribution in [0.2, 0.25) is 0 Å². The molecule has 0 N–H and O–H groups in total. The fourth-order valence-electron chi connectivity index (χ4n) is 4.85. The number of halogens is 5. The van der Waals surface area contributed by atoms with Crippen LogP contribution in [-0.4, -0.2) is 13.4 Å². The van der Waals surface area contributed by atoms with Gasteiger partial charge in [-0.3, -0.25) is 0 Å². The smallest absolute Gasteiger partial charge is 0.207 e. The van der Waals surface area contributed by atoms with Crippen LogP contribution in [-0.2, 0) is 0 Å². The van der Waals surface area contributed by atoms with Gasteiger partial charge in [-0.05, 0) is 36.8 Å². The van der Waals surface area contributed by atoms with Crippen LogP contribution >= 0.6 is 15.9 Å². The topological polar surface area (TPSA) is 0 Å². The van der Waals surface area contributed by atoms with E-state index < -0.39 is 36.7 Å². The summed E-state index contributed by atoms with van der Waals surface area (Å²) in [7, 11) is 0. The predicted molar refractivity (Wildman–Crippen MR) is 127 cm³/mol. The van der Waals surface area contributed by atoms with Gasteiger partial charge in [-0.15, -0.1) is 0 Å². The number of fused-ring (bicyclic) bond motifs is 2. The third-order valence-corrected chi connectivity index (χ3v) is 6.54. The van der Waals surface area contributed by atoms with Crippen molar-refractivity contribution in [3.8, 4) is 0 Å². The van der Waals surface area contributed by atoms with E-state index in [2.05, 4.69) is 15.9 Å². The summed E-state index contributed by atoms with van der Waals surface area (Å²) in [5.41, 5.74) is 2.82. The number of hydrogen-bond acceptors (Lipinski definition) is 0. The van der Waals surface area contributed by atoms with E-state index in [0.29, 0.717) is 31.9 Å². The van der Waals surface area contributed by atoms with Crippen LogP contribution in [0.25, 0.3) is 0 Å². The molecular weight excluding hydrogens is 478 g/mol. The van der Waals surface area contributed by atoms with Crippen LogP contribution in [0.3, 0.4) is 0 Å². The first kappa shape index (κ1) is 21.1. The molecule has 1 aliphatic rings. The largest absolute Gasteiger partial charge is 0.247 e. The minimum absolute atomic E-state index is 0.0642. The summed E-state index contributed by atoms with van der Waals surface area (Å²) in [6, 6.07) is 19.3. The Labute approximate surface area is 192 Å². The highest BCUT2D eigenvalue weighted by Crippen LogP contribution is 2.15. The van der Waals surface area contributed by atoms with E-state index in [4.69, 9.17) is 0 Å². The monoisotopic (exact) mass is 492 g/mol. The maximum Gasteiger partial charge on any atom is 0.247 e. The molecule has 32 heavy (non-hydrogen) atoms. The summed E-state index contributed by atoms with van der Waals surface area (Å²) in [4.78, 5) is 0. The van der Waals surface area contributed by atoms with Crippen LogP contribution < -0.4 is 32.8 Å². The van der Waals surface area contributed by atoms with Crippen molar-refractivity contribution in [2.75, 3.05) is 0 Å². The summed E-state index contributed by atoms with van der Waals surface area (Å²) in [5, 5.41) is 0. The lowest BCUT2D eigenvalue weighted by Gasteiger charge is -2.32. The molecule has 0 amide bonds. The molecule has 0 atom stereocenters. The Morgan fingerprint density at radius 3 is 1.22 bits per heavy atom. The molecule has 0 saturated heterocycles. The average molecular weight is 493 g/mol. The zero-order valence-electron chi connectivity index (χ0n) is 17.0. The second-order valence-corrected chi connectivity index (χ2v) is 8.96. The number of rotatable bonds is 2. The number of benzene rings is 4. The molecule has 0 unspecified atom stereocenters. The molecule has 156 valence electrons. The first-order valence-electron chi connectivity index (χ1n) is 10.1. The van der Waals surface area contributed by atoms with Gasteiger partial charge in [0.1, 0.15) is 23.3 Å². The predicted octanol–water partition coefficient (Wildman–Crippen LogP) is 2.66. The molecule has 4 aromatic carbocycles. The molecule has 5 rings (SSSR count). The number of aryl methyl sites for hydroxylation is 1. The van der Waals surface area contributed by atoms with Gasteiger partial charge in [-0.25, -0.2) is 17.6 Å². The molecule has 1 heterocycles. The molecule has 0 aromatic heterocycles. The van der Waals surface area contributed by atoms with Crippen LogP contribution in [0.1, 0.15) is 5.56 Å². The van der Waals surface area contributed by atoms with Gasteiger partial charge in [0.2, 0.25) is 13.4 Å². The van der Waals surface area contributed by atoms with Crippen molar-refractivity contribution in [3.05, 3.63) is 106 Å². The zero-order valence-corrected chi connectivity index (χ0v) is 18.6. The van der Waals surface area contributed by atoms with Gasteiger partial charge < -0.3 is 0 Å². The molecule has 0 spiro atoms. The molecule has 0 nitrogen and oxygen atoms in total. The standard InChI is InChI=1S/C25H15B2BrF4/c1-14-10-20(29)24(21(30)11-14)26-16-6-2-4-8-18(16)27(19-9-5-3-7-17(19)26)25-22(31)12-15(28)13-23(25)32/h2-13H,1H3. The Kier molecular flexibility index (Phi) is 5.25. The van der Waals surface area contributed by atoms with Crippen molar-refractivity contribution >= 4 is 62.1 Å². The van der Waals surface area contributed by atoms with E-state index in [-0.39, 0.29) is 10.9 Å². The van der Waals surface area contributed by atoms with Gasteiger partial charge in [-0.1, -0.05) is 86.3 Å². The summed E-state index contributed by atoms with van der Waals surface area (Å²) in [5.74, 6) is -2.65. The third kappa shape index (κ3) is 3.30. The molecule has 4 aromatic rings. The summed E-state index contributed by atoms with van der Waals surface area (Å²) < 4.78 is 60.7. The Morgan fingerprint density at radius 1 is 0.562 bits per heavy atom. The van der Waals surface area contributed by atoms with Crippen molar-refractivity contribution in [2.24, 2.45) is 0 Å². The third-order valence-electron chi connectivity index (χ3n) is 6.08. The highest BCUT2D eigenvalue weighted by Gasteiger charge is 2.42. The first-order valence-corrected chi connectivity index (χ1v) is 10.9.